The van der Waals surface area contributed by atoms with Crippen LogP contribution in [0.25, 0.3) is 0 Å². The predicted octanol–water partition coefficient (Wildman–Crippen LogP) is 0.441. The minimum absolute atomic E-state index is 0.114. The molecular formula is C11H16N4O. The van der Waals surface area contributed by atoms with Crippen LogP contribution in [0.2, 0.25) is 0 Å². The van der Waals surface area contributed by atoms with Gasteiger partial charge >= 0.3 is 5.69 Å². The van der Waals surface area contributed by atoms with Crippen molar-refractivity contribution in [3.05, 3.63) is 16.0 Å². The fraction of sp³-hybridized carbons (Fsp3) is 0.636. The molecule has 16 heavy (non-hydrogen) atoms. The van der Waals surface area contributed by atoms with Crippen LogP contribution < -0.4 is 15.9 Å². The standard InChI is InChI=1S/C11H16N4O/c1-14-6-2-3-7-15-10(14)8-4-5-12-9(8)13-11(15)16/h2-7H2,1H3,(H,12,13,16). The number of nitrogens with zero attached hydrogens (tertiary/aromatic N) is 3. The molecule has 2 aliphatic rings. The lowest BCUT2D eigenvalue weighted by Crippen LogP contribution is -2.30. The van der Waals surface area contributed by atoms with E-state index >= 15 is 0 Å². The summed E-state index contributed by atoms with van der Waals surface area (Å²) in [6.07, 6.45) is 3.17. The molecule has 0 unspecified atom stereocenters. The molecular weight excluding hydrogens is 204 g/mol. The zero-order chi connectivity index (χ0) is 11.1. The van der Waals surface area contributed by atoms with Crippen molar-refractivity contribution in [2.45, 2.75) is 25.8 Å². The maximum Gasteiger partial charge on any atom is 0.351 e. The molecule has 0 atom stereocenters. The second-order valence-corrected chi connectivity index (χ2v) is 4.50. The Morgan fingerprint density at radius 1 is 1.31 bits per heavy atom. The van der Waals surface area contributed by atoms with E-state index in [1.54, 1.807) is 0 Å². The van der Waals surface area contributed by atoms with Gasteiger partial charge in [0.1, 0.15) is 11.6 Å². The van der Waals surface area contributed by atoms with Gasteiger partial charge in [-0.1, -0.05) is 0 Å². The van der Waals surface area contributed by atoms with Crippen LogP contribution in [0.5, 0.6) is 0 Å². The maximum absolute atomic E-state index is 11.9. The van der Waals surface area contributed by atoms with Crippen LogP contribution in [0.4, 0.5) is 11.6 Å². The van der Waals surface area contributed by atoms with E-state index < -0.39 is 0 Å². The molecule has 2 aliphatic heterocycles. The normalized spacial score (nSPS) is 18.7. The highest BCUT2D eigenvalue weighted by atomic mass is 16.1. The first-order valence-electron chi connectivity index (χ1n) is 5.86. The number of rotatable bonds is 0. The monoisotopic (exact) mass is 220 g/mol. The minimum atomic E-state index is -0.114. The van der Waals surface area contributed by atoms with Gasteiger partial charge in [-0.2, -0.15) is 4.98 Å². The Bertz CT molecular complexity index is 480. The van der Waals surface area contributed by atoms with Gasteiger partial charge in [0.05, 0.1) is 0 Å². The zero-order valence-electron chi connectivity index (χ0n) is 9.49. The zero-order valence-corrected chi connectivity index (χ0v) is 9.49. The Kier molecular flexibility index (Phi) is 2.12. The molecule has 1 N–H and O–H groups in total. The Hall–Kier alpha value is -1.52. The van der Waals surface area contributed by atoms with Gasteiger partial charge in [0, 0.05) is 32.2 Å². The van der Waals surface area contributed by atoms with E-state index in [-0.39, 0.29) is 5.69 Å². The number of fused-ring (bicyclic) bond motifs is 3. The van der Waals surface area contributed by atoms with Gasteiger partial charge < -0.3 is 10.2 Å². The lowest BCUT2D eigenvalue weighted by molar-refractivity contribution is 0.623. The van der Waals surface area contributed by atoms with Gasteiger partial charge in [0.2, 0.25) is 0 Å². The summed E-state index contributed by atoms with van der Waals surface area (Å²) in [6, 6.07) is 0. The van der Waals surface area contributed by atoms with Crippen molar-refractivity contribution in [1.82, 2.24) is 9.55 Å². The molecule has 5 nitrogen and oxygen atoms in total. The first kappa shape index (κ1) is 9.69. The topological polar surface area (TPSA) is 50.2 Å². The second kappa shape index (κ2) is 3.50. The molecule has 1 aromatic heterocycles. The number of aromatic nitrogens is 2. The van der Waals surface area contributed by atoms with Gasteiger partial charge in [-0.3, -0.25) is 4.57 Å². The molecule has 0 bridgehead atoms. The SMILES string of the molecule is CN1CCCCn2c1c1c(nc2=O)NCC1. The van der Waals surface area contributed by atoms with E-state index in [1.807, 2.05) is 4.57 Å². The molecule has 1 aromatic rings. The smallest absolute Gasteiger partial charge is 0.351 e. The summed E-state index contributed by atoms with van der Waals surface area (Å²) in [5.41, 5.74) is 1.10. The highest BCUT2D eigenvalue weighted by molar-refractivity contribution is 5.62. The third kappa shape index (κ3) is 1.31. The molecule has 3 heterocycles. The lowest BCUT2D eigenvalue weighted by atomic mass is 10.2. The molecule has 0 amide bonds. The highest BCUT2D eigenvalue weighted by Crippen LogP contribution is 2.29. The van der Waals surface area contributed by atoms with E-state index in [9.17, 15) is 4.79 Å². The van der Waals surface area contributed by atoms with Crippen molar-refractivity contribution >= 4 is 11.6 Å². The van der Waals surface area contributed by atoms with E-state index in [1.165, 1.54) is 5.56 Å². The summed E-state index contributed by atoms with van der Waals surface area (Å²) in [5, 5.41) is 3.18. The van der Waals surface area contributed by atoms with Gasteiger partial charge in [-0.25, -0.2) is 4.79 Å². The van der Waals surface area contributed by atoms with Crippen molar-refractivity contribution in [3.8, 4) is 0 Å². The van der Waals surface area contributed by atoms with E-state index in [0.29, 0.717) is 0 Å². The maximum atomic E-state index is 11.9. The summed E-state index contributed by atoms with van der Waals surface area (Å²) >= 11 is 0. The molecule has 0 saturated carbocycles. The van der Waals surface area contributed by atoms with Crippen molar-refractivity contribution in [2.75, 3.05) is 30.4 Å². The lowest BCUT2D eigenvalue weighted by Gasteiger charge is -2.22. The molecule has 0 radical (unpaired) electrons. The molecule has 5 heteroatoms. The summed E-state index contributed by atoms with van der Waals surface area (Å²) in [4.78, 5) is 18.2. The van der Waals surface area contributed by atoms with Crippen LogP contribution in [0.3, 0.4) is 0 Å². The van der Waals surface area contributed by atoms with E-state index in [4.69, 9.17) is 0 Å². The molecule has 3 rings (SSSR count). The van der Waals surface area contributed by atoms with Crippen LogP contribution in [0, 0.1) is 0 Å². The molecule has 86 valence electrons. The quantitative estimate of drug-likeness (QED) is 0.689. The molecule has 0 aliphatic carbocycles. The number of nitrogens with one attached hydrogen (secondary N) is 1. The second-order valence-electron chi connectivity index (χ2n) is 4.50. The predicted molar refractivity (Wildman–Crippen MR) is 63.2 cm³/mol. The molecule has 0 saturated heterocycles. The van der Waals surface area contributed by atoms with Crippen LogP contribution >= 0.6 is 0 Å². The van der Waals surface area contributed by atoms with E-state index in [0.717, 1.165) is 50.5 Å². The molecule has 0 aromatic carbocycles. The first-order chi connectivity index (χ1) is 7.77. The van der Waals surface area contributed by atoms with Gasteiger partial charge in [-0.15, -0.1) is 0 Å². The van der Waals surface area contributed by atoms with E-state index in [2.05, 4.69) is 22.2 Å². The van der Waals surface area contributed by atoms with Gasteiger partial charge in [-0.05, 0) is 19.3 Å². The van der Waals surface area contributed by atoms with Crippen molar-refractivity contribution < 1.29 is 0 Å². The largest absolute Gasteiger partial charge is 0.369 e. The van der Waals surface area contributed by atoms with Gasteiger partial charge in [0.15, 0.2) is 0 Å². The van der Waals surface area contributed by atoms with Gasteiger partial charge in [0.25, 0.3) is 0 Å². The molecule has 0 spiro atoms. The number of anilines is 2. The fourth-order valence-corrected chi connectivity index (χ4v) is 2.63. The average molecular weight is 220 g/mol. The van der Waals surface area contributed by atoms with Crippen molar-refractivity contribution in [3.63, 3.8) is 0 Å². The Morgan fingerprint density at radius 3 is 3.00 bits per heavy atom. The number of hydrogen-bond donors (Lipinski definition) is 1. The Balaban J connectivity index is 2.26. The fourth-order valence-electron chi connectivity index (χ4n) is 2.63. The third-order valence-corrected chi connectivity index (χ3v) is 3.40. The highest BCUT2D eigenvalue weighted by Gasteiger charge is 2.24. The van der Waals surface area contributed by atoms with Crippen molar-refractivity contribution in [2.24, 2.45) is 0 Å². The summed E-state index contributed by atoms with van der Waals surface area (Å²) in [7, 11) is 2.06. The average Bonchev–Trinajstić information content (AvgIpc) is 2.62. The first-order valence-corrected chi connectivity index (χ1v) is 5.86. The Morgan fingerprint density at radius 2 is 2.12 bits per heavy atom. The Labute approximate surface area is 94.1 Å². The van der Waals surface area contributed by atoms with Crippen LogP contribution in [-0.2, 0) is 13.0 Å². The van der Waals surface area contributed by atoms with Crippen LogP contribution in [-0.4, -0.2) is 29.7 Å². The molecule has 0 fully saturated rings. The summed E-state index contributed by atoms with van der Waals surface area (Å²) in [5.74, 6) is 1.88. The minimum Gasteiger partial charge on any atom is -0.369 e. The summed E-state index contributed by atoms with van der Waals surface area (Å²) < 4.78 is 1.83. The number of hydrogen-bond acceptors (Lipinski definition) is 4. The van der Waals surface area contributed by atoms with Crippen LogP contribution in [0.1, 0.15) is 18.4 Å². The summed E-state index contributed by atoms with van der Waals surface area (Å²) in [6.45, 7) is 2.72. The van der Waals surface area contributed by atoms with Crippen molar-refractivity contribution in [1.29, 1.82) is 0 Å². The third-order valence-electron chi connectivity index (χ3n) is 3.40. The van der Waals surface area contributed by atoms with Crippen LogP contribution in [0.15, 0.2) is 4.79 Å².